The quantitative estimate of drug-likeness (QED) is 0.879. The van der Waals surface area contributed by atoms with Gasteiger partial charge in [-0.15, -0.1) is 0 Å². The summed E-state index contributed by atoms with van der Waals surface area (Å²) in [6.07, 6.45) is 0. The van der Waals surface area contributed by atoms with Crippen molar-refractivity contribution in [2.45, 2.75) is 13.0 Å². The zero-order valence-electron chi connectivity index (χ0n) is 8.33. The molecule has 0 heterocycles. The Balaban J connectivity index is 2.88. The number of carbonyl (C=O) groups excluding carboxylic acids is 1. The van der Waals surface area contributed by atoms with Crippen LogP contribution in [0.15, 0.2) is 27.1 Å². The number of aliphatic carboxylic acids is 1. The summed E-state index contributed by atoms with van der Waals surface area (Å²) in [7, 11) is 0. The Kier molecular flexibility index (Phi) is 4.49. The molecule has 0 fully saturated rings. The molecule has 1 amide bonds. The number of carboxylic acid groups (broad SMARTS) is 1. The Morgan fingerprint density at radius 1 is 1.38 bits per heavy atom. The van der Waals surface area contributed by atoms with Gasteiger partial charge in [0.15, 0.2) is 0 Å². The van der Waals surface area contributed by atoms with Gasteiger partial charge in [0.1, 0.15) is 6.04 Å². The molecule has 0 bridgehead atoms. The second kappa shape index (κ2) is 5.45. The topological polar surface area (TPSA) is 66.4 Å². The van der Waals surface area contributed by atoms with Crippen molar-refractivity contribution in [1.82, 2.24) is 5.32 Å². The first-order chi connectivity index (χ1) is 7.41. The van der Waals surface area contributed by atoms with Gasteiger partial charge in [0, 0.05) is 8.95 Å². The van der Waals surface area contributed by atoms with E-state index >= 15 is 0 Å². The molecule has 0 saturated carbocycles. The summed E-state index contributed by atoms with van der Waals surface area (Å²) in [6.45, 7) is 1.41. The first-order valence-corrected chi connectivity index (χ1v) is 5.99. The maximum Gasteiger partial charge on any atom is 0.325 e. The maximum absolute atomic E-state index is 11.7. The average molecular weight is 351 g/mol. The lowest BCUT2D eigenvalue weighted by Crippen LogP contribution is -2.38. The van der Waals surface area contributed by atoms with Crippen molar-refractivity contribution >= 4 is 43.7 Å². The van der Waals surface area contributed by atoms with Crippen LogP contribution in [0.2, 0.25) is 0 Å². The van der Waals surface area contributed by atoms with E-state index in [1.807, 2.05) is 0 Å². The molecule has 0 aliphatic rings. The molecule has 0 aromatic heterocycles. The van der Waals surface area contributed by atoms with E-state index in [4.69, 9.17) is 5.11 Å². The predicted octanol–water partition coefficient (Wildman–Crippen LogP) is 2.41. The van der Waals surface area contributed by atoms with Gasteiger partial charge < -0.3 is 10.4 Å². The normalized spacial score (nSPS) is 11.9. The molecule has 0 spiro atoms. The van der Waals surface area contributed by atoms with Crippen molar-refractivity contribution in [2.75, 3.05) is 0 Å². The molecule has 2 N–H and O–H groups in total. The second-order valence-corrected chi connectivity index (χ2v) is 4.93. The van der Waals surface area contributed by atoms with Crippen LogP contribution in [0.25, 0.3) is 0 Å². The number of nitrogens with one attached hydrogen (secondary N) is 1. The molecule has 16 heavy (non-hydrogen) atoms. The van der Waals surface area contributed by atoms with Gasteiger partial charge in [-0.2, -0.15) is 0 Å². The summed E-state index contributed by atoms with van der Waals surface area (Å²) < 4.78 is 1.37. The fourth-order valence-corrected chi connectivity index (χ4v) is 1.80. The van der Waals surface area contributed by atoms with Crippen LogP contribution in [0.5, 0.6) is 0 Å². The molecule has 0 aliphatic heterocycles. The molecular formula is C10H9Br2NO3. The van der Waals surface area contributed by atoms with Crippen LogP contribution in [-0.4, -0.2) is 23.0 Å². The highest BCUT2D eigenvalue weighted by molar-refractivity contribution is 9.11. The Morgan fingerprint density at radius 2 is 2.00 bits per heavy atom. The minimum absolute atomic E-state index is 0.391. The molecule has 86 valence electrons. The van der Waals surface area contributed by atoms with Crippen LogP contribution in [0.3, 0.4) is 0 Å². The van der Waals surface area contributed by atoms with E-state index in [1.54, 1.807) is 18.2 Å². The van der Waals surface area contributed by atoms with Crippen LogP contribution in [0.4, 0.5) is 0 Å². The minimum atomic E-state index is -1.07. The lowest BCUT2D eigenvalue weighted by atomic mass is 10.2. The Bertz CT molecular complexity index is 434. The molecule has 1 rings (SSSR count). The number of carbonyl (C=O) groups is 2. The van der Waals surface area contributed by atoms with E-state index in [9.17, 15) is 9.59 Å². The summed E-state index contributed by atoms with van der Waals surface area (Å²) in [4.78, 5) is 22.3. The van der Waals surface area contributed by atoms with E-state index in [0.717, 1.165) is 4.47 Å². The van der Waals surface area contributed by atoms with Crippen molar-refractivity contribution in [3.8, 4) is 0 Å². The van der Waals surface area contributed by atoms with Gasteiger partial charge in [-0.3, -0.25) is 9.59 Å². The molecule has 0 radical (unpaired) electrons. The van der Waals surface area contributed by atoms with Crippen molar-refractivity contribution in [3.05, 3.63) is 32.7 Å². The van der Waals surface area contributed by atoms with E-state index in [0.29, 0.717) is 10.0 Å². The van der Waals surface area contributed by atoms with Crippen LogP contribution < -0.4 is 5.32 Å². The van der Waals surface area contributed by atoms with Gasteiger partial charge in [-0.1, -0.05) is 15.9 Å². The van der Waals surface area contributed by atoms with Gasteiger partial charge in [-0.25, -0.2) is 0 Å². The third-order valence-corrected chi connectivity index (χ3v) is 3.08. The number of hydrogen-bond donors (Lipinski definition) is 2. The van der Waals surface area contributed by atoms with Crippen molar-refractivity contribution in [1.29, 1.82) is 0 Å². The lowest BCUT2D eigenvalue weighted by molar-refractivity contribution is -0.138. The number of hydrogen-bond acceptors (Lipinski definition) is 2. The van der Waals surface area contributed by atoms with Crippen LogP contribution >= 0.6 is 31.9 Å². The Labute approximate surface area is 109 Å². The fourth-order valence-electron chi connectivity index (χ4n) is 1.01. The third kappa shape index (κ3) is 3.31. The summed E-state index contributed by atoms with van der Waals surface area (Å²) in [5.74, 6) is -1.50. The van der Waals surface area contributed by atoms with Gasteiger partial charge in [-0.05, 0) is 41.1 Å². The molecule has 1 aromatic carbocycles. The molecular weight excluding hydrogens is 342 g/mol. The first-order valence-electron chi connectivity index (χ1n) is 4.40. The maximum atomic E-state index is 11.7. The number of benzene rings is 1. The smallest absolute Gasteiger partial charge is 0.325 e. The number of halogens is 2. The molecule has 0 aliphatic carbocycles. The Hall–Kier alpha value is -0.880. The highest BCUT2D eigenvalue weighted by Crippen LogP contribution is 2.21. The summed E-state index contributed by atoms with van der Waals surface area (Å²) in [5.41, 5.74) is 0.391. The van der Waals surface area contributed by atoms with Crippen molar-refractivity contribution in [3.63, 3.8) is 0 Å². The zero-order valence-corrected chi connectivity index (χ0v) is 11.5. The zero-order chi connectivity index (χ0) is 12.3. The second-order valence-electron chi connectivity index (χ2n) is 3.16. The molecule has 1 unspecified atom stereocenters. The van der Waals surface area contributed by atoms with Gasteiger partial charge >= 0.3 is 5.97 Å². The van der Waals surface area contributed by atoms with Crippen LogP contribution in [0.1, 0.15) is 17.3 Å². The monoisotopic (exact) mass is 349 g/mol. The van der Waals surface area contributed by atoms with Crippen molar-refractivity contribution < 1.29 is 14.7 Å². The van der Waals surface area contributed by atoms with E-state index in [2.05, 4.69) is 37.2 Å². The van der Waals surface area contributed by atoms with E-state index in [1.165, 1.54) is 6.92 Å². The SMILES string of the molecule is CC(NC(=O)c1cc(Br)ccc1Br)C(=O)O. The minimum Gasteiger partial charge on any atom is -0.480 e. The van der Waals surface area contributed by atoms with Gasteiger partial charge in [0.05, 0.1) is 5.56 Å². The molecule has 1 atom stereocenters. The van der Waals surface area contributed by atoms with Crippen LogP contribution in [0, 0.1) is 0 Å². The largest absolute Gasteiger partial charge is 0.480 e. The lowest BCUT2D eigenvalue weighted by Gasteiger charge is -2.10. The van der Waals surface area contributed by atoms with Gasteiger partial charge in [0.2, 0.25) is 0 Å². The third-order valence-electron chi connectivity index (χ3n) is 1.89. The molecule has 6 heteroatoms. The first kappa shape index (κ1) is 13.2. The Morgan fingerprint density at radius 3 is 2.56 bits per heavy atom. The highest BCUT2D eigenvalue weighted by Gasteiger charge is 2.17. The van der Waals surface area contributed by atoms with Gasteiger partial charge in [0.25, 0.3) is 5.91 Å². The number of carboxylic acids is 1. The number of rotatable bonds is 3. The summed E-state index contributed by atoms with van der Waals surface area (Å²) >= 11 is 6.47. The average Bonchev–Trinajstić information content (AvgIpc) is 2.21. The fraction of sp³-hybridized carbons (Fsp3) is 0.200. The van der Waals surface area contributed by atoms with E-state index in [-0.39, 0.29) is 0 Å². The summed E-state index contributed by atoms with van der Waals surface area (Å²) in [5, 5.41) is 11.0. The highest BCUT2D eigenvalue weighted by atomic mass is 79.9. The molecule has 0 saturated heterocycles. The van der Waals surface area contributed by atoms with E-state index < -0.39 is 17.9 Å². The molecule has 1 aromatic rings. The van der Waals surface area contributed by atoms with Crippen molar-refractivity contribution in [2.24, 2.45) is 0 Å². The number of amides is 1. The summed E-state index contributed by atoms with van der Waals surface area (Å²) in [6, 6.07) is 4.19. The van der Waals surface area contributed by atoms with Crippen LogP contribution in [-0.2, 0) is 4.79 Å². The molecule has 4 nitrogen and oxygen atoms in total. The standard InChI is InChI=1S/C10H9Br2NO3/c1-5(10(15)16)13-9(14)7-4-6(11)2-3-8(7)12/h2-5H,1H3,(H,13,14)(H,15,16). The predicted molar refractivity (Wildman–Crippen MR) is 66.4 cm³/mol.